The molecule has 0 aliphatic carbocycles. The predicted octanol–water partition coefficient (Wildman–Crippen LogP) is 6.26. The summed E-state index contributed by atoms with van der Waals surface area (Å²) < 4.78 is 59.4. The summed E-state index contributed by atoms with van der Waals surface area (Å²) in [7, 11) is -2.79. The lowest BCUT2D eigenvalue weighted by Crippen LogP contribution is -2.19. The van der Waals surface area contributed by atoms with Crippen molar-refractivity contribution in [3.63, 3.8) is 0 Å². The number of aliphatic imine (C=N–C) groups is 1. The number of alkyl halides is 3. The highest BCUT2D eigenvalue weighted by Gasteiger charge is 2.33. The fraction of sp³-hybridized carbons (Fsp3) is 0.423. The standard InChI is InChI=1S/C26H31F3N5O2P/c1-14-17(9-8-10-19(14)26(27,28)29)15(2)30-23-18-11-22(37(6,7)35)21(12-20(18)31-16(3)32-23)33-24-34-25(4,5)13-36-24/h8-12,15H,13H2,1-7H3,(H,33,34)(H,30,31,32). The largest absolute Gasteiger partial charge is 0.462 e. The van der Waals surface area contributed by atoms with Gasteiger partial charge in [-0.1, -0.05) is 12.1 Å². The Morgan fingerprint density at radius 3 is 2.43 bits per heavy atom. The van der Waals surface area contributed by atoms with Gasteiger partial charge in [-0.3, -0.25) is 0 Å². The number of nitrogens with one attached hydrogen (secondary N) is 2. The number of ether oxygens (including phenoxy) is 1. The number of aryl methyl sites for hydroxylation is 1. The minimum atomic E-state index is -4.44. The van der Waals surface area contributed by atoms with Gasteiger partial charge < -0.3 is 19.9 Å². The monoisotopic (exact) mass is 533 g/mol. The van der Waals surface area contributed by atoms with Crippen LogP contribution in [0.3, 0.4) is 0 Å². The molecule has 1 aliphatic rings. The van der Waals surface area contributed by atoms with Gasteiger partial charge in [0.15, 0.2) is 0 Å². The maximum absolute atomic E-state index is 13.5. The van der Waals surface area contributed by atoms with E-state index in [-0.39, 0.29) is 11.1 Å². The summed E-state index contributed by atoms with van der Waals surface area (Å²) in [4.78, 5) is 13.6. The number of halogens is 3. The number of benzene rings is 2. The molecule has 198 valence electrons. The Kier molecular flexibility index (Phi) is 6.78. The molecule has 0 radical (unpaired) electrons. The first kappa shape index (κ1) is 26.9. The highest BCUT2D eigenvalue weighted by atomic mass is 31.2. The van der Waals surface area contributed by atoms with Crippen molar-refractivity contribution in [2.45, 2.75) is 52.4 Å². The van der Waals surface area contributed by atoms with E-state index in [4.69, 9.17) is 4.74 Å². The molecule has 1 aliphatic heterocycles. The second-order valence-corrected chi connectivity index (χ2v) is 13.6. The number of fused-ring (bicyclic) bond motifs is 1. The minimum Gasteiger partial charge on any atom is -0.462 e. The highest BCUT2D eigenvalue weighted by molar-refractivity contribution is 7.70. The maximum Gasteiger partial charge on any atom is 0.416 e. The molecule has 0 saturated heterocycles. The van der Waals surface area contributed by atoms with Crippen LogP contribution in [0.1, 0.15) is 49.3 Å². The first-order valence-electron chi connectivity index (χ1n) is 11.9. The molecule has 0 spiro atoms. The van der Waals surface area contributed by atoms with Crippen LogP contribution in [0.25, 0.3) is 10.9 Å². The molecular formula is C26H31F3N5O2P. The second-order valence-electron chi connectivity index (χ2n) is 10.4. The third-order valence-corrected chi connectivity index (χ3v) is 7.74. The van der Waals surface area contributed by atoms with Crippen molar-refractivity contribution in [1.29, 1.82) is 0 Å². The lowest BCUT2D eigenvalue weighted by Gasteiger charge is -2.22. The van der Waals surface area contributed by atoms with E-state index in [0.29, 0.717) is 51.7 Å². The maximum atomic E-state index is 13.5. The summed E-state index contributed by atoms with van der Waals surface area (Å²) >= 11 is 0. The van der Waals surface area contributed by atoms with Gasteiger partial charge in [0.2, 0.25) is 0 Å². The number of hydrogen-bond donors (Lipinski definition) is 2. The normalized spacial score (nSPS) is 16.3. The minimum absolute atomic E-state index is 0.157. The average Bonchev–Trinajstić information content (AvgIpc) is 3.09. The molecule has 4 rings (SSSR count). The third kappa shape index (κ3) is 5.74. The summed E-state index contributed by atoms with van der Waals surface area (Å²) in [5.41, 5.74) is 0.786. The summed E-state index contributed by atoms with van der Waals surface area (Å²) in [6.45, 7) is 12.7. The molecule has 2 aromatic carbocycles. The van der Waals surface area contributed by atoms with Gasteiger partial charge in [0.25, 0.3) is 6.02 Å². The fourth-order valence-corrected chi connectivity index (χ4v) is 5.55. The van der Waals surface area contributed by atoms with Crippen LogP contribution in [0.2, 0.25) is 0 Å². The summed E-state index contributed by atoms with van der Waals surface area (Å²) in [5, 5.41) is 7.61. The fourth-order valence-electron chi connectivity index (χ4n) is 4.41. The molecule has 0 saturated carbocycles. The van der Waals surface area contributed by atoms with E-state index < -0.39 is 24.9 Å². The van der Waals surface area contributed by atoms with Crippen molar-refractivity contribution in [1.82, 2.24) is 9.97 Å². The number of nitrogens with zero attached hydrogens (tertiary/aromatic N) is 3. The van der Waals surface area contributed by atoms with Gasteiger partial charge in [-0.05, 0) is 77.3 Å². The quantitative estimate of drug-likeness (QED) is 0.376. The third-order valence-electron chi connectivity index (χ3n) is 6.21. The molecule has 0 amide bonds. The van der Waals surface area contributed by atoms with E-state index >= 15 is 0 Å². The van der Waals surface area contributed by atoms with E-state index in [0.717, 1.165) is 6.07 Å². The Bertz CT molecular complexity index is 1450. The van der Waals surface area contributed by atoms with Gasteiger partial charge in [-0.15, -0.1) is 0 Å². The van der Waals surface area contributed by atoms with Crippen LogP contribution >= 0.6 is 7.14 Å². The Balaban J connectivity index is 1.79. The average molecular weight is 534 g/mol. The number of anilines is 2. The SMILES string of the molecule is Cc1nc(NC(C)c2cccc(C(F)(F)F)c2C)c2cc(P(C)(C)=O)c(NC3=NC(C)(C)CO3)cc2n1. The summed E-state index contributed by atoms with van der Waals surface area (Å²) in [6.07, 6.45) is -4.44. The van der Waals surface area contributed by atoms with Crippen LogP contribution in [0.5, 0.6) is 0 Å². The van der Waals surface area contributed by atoms with Crippen LogP contribution in [-0.2, 0) is 15.5 Å². The van der Waals surface area contributed by atoms with E-state index in [9.17, 15) is 17.7 Å². The Morgan fingerprint density at radius 2 is 1.84 bits per heavy atom. The summed E-state index contributed by atoms with van der Waals surface area (Å²) in [6, 6.07) is 7.56. The molecule has 0 fully saturated rings. The molecule has 7 nitrogen and oxygen atoms in total. The summed E-state index contributed by atoms with van der Waals surface area (Å²) in [5.74, 6) is 0.928. The molecule has 37 heavy (non-hydrogen) atoms. The molecule has 2 heterocycles. The topological polar surface area (TPSA) is 88.5 Å². The van der Waals surface area contributed by atoms with Crippen molar-refractivity contribution in [2.75, 3.05) is 30.6 Å². The van der Waals surface area contributed by atoms with Crippen LogP contribution in [0.15, 0.2) is 35.3 Å². The van der Waals surface area contributed by atoms with Gasteiger partial charge in [-0.2, -0.15) is 13.2 Å². The van der Waals surface area contributed by atoms with E-state index in [1.165, 1.54) is 13.0 Å². The molecule has 1 atom stereocenters. The van der Waals surface area contributed by atoms with E-state index in [2.05, 4.69) is 25.6 Å². The lowest BCUT2D eigenvalue weighted by molar-refractivity contribution is -0.138. The first-order valence-corrected chi connectivity index (χ1v) is 14.5. The van der Waals surface area contributed by atoms with Crippen LogP contribution in [0, 0.1) is 13.8 Å². The van der Waals surface area contributed by atoms with Crippen molar-refractivity contribution in [2.24, 2.45) is 4.99 Å². The molecular weight excluding hydrogens is 502 g/mol. The zero-order valence-corrected chi connectivity index (χ0v) is 22.8. The van der Waals surface area contributed by atoms with Crippen molar-refractivity contribution in [3.8, 4) is 0 Å². The highest BCUT2D eigenvalue weighted by Crippen LogP contribution is 2.41. The van der Waals surface area contributed by atoms with E-state index in [1.54, 1.807) is 45.4 Å². The van der Waals surface area contributed by atoms with Gasteiger partial charge in [0.1, 0.15) is 25.4 Å². The molecule has 1 aromatic heterocycles. The molecule has 1 unspecified atom stereocenters. The van der Waals surface area contributed by atoms with Gasteiger partial charge in [0.05, 0.1) is 28.3 Å². The Labute approximate surface area is 214 Å². The molecule has 0 bridgehead atoms. The molecule has 11 heteroatoms. The van der Waals surface area contributed by atoms with E-state index in [1.807, 2.05) is 13.8 Å². The molecule has 2 N–H and O–H groups in total. The van der Waals surface area contributed by atoms with Crippen molar-refractivity contribution >= 4 is 40.9 Å². The number of rotatable bonds is 5. The Hall–Kier alpha value is -3.13. The van der Waals surface area contributed by atoms with Crippen LogP contribution < -0.4 is 15.9 Å². The van der Waals surface area contributed by atoms with Gasteiger partial charge in [0, 0.05) is 10.7 Å². The second kappa shape index (κ2) is 9.31. The lowest BCUT2D eigenvalue weighted by atomic mass is 9.97. The van der Waals surface area contributed by atoms with Crippen molar-refractivity contribution in [3.05, 3.63) is 52.8 Å². The number of aromatic nitrogens is 2. The Morgan fingerprint density at radius 1 is 1.14 bits per heavy atom. The van der Waals surface area contributed by atoms with Crippen LogP contribution in [-0.4, -0.2) is 41.5 Å². The number of amidine groups is 1. The number of hydrogen-bond acceptors (Lipinski definition) is 7. The van der Waals surface area contributed by atoms with Crippen LogP contribution in [0.4, 0.5) is 24.7 Å². The van der Waals surface area contributed by atoms with Gasteiger partial charge >= 0.3 is 6.18 Å². The molecule has 3 aromatic rings. The zero-order chi connectivity index (χ0) is 27.3. The zero-order valence-electron chi connectivity index (χ0n) is 21.9. The first-order chi connectivity index (χ1) is 17.0. The van der Waals surface area contributed by atoms with Crippen molar-refractivity contribution < 1.29 is 22.5 Å². The predicted molar refractivity (Wildman–Crippen MR) is 143 cm³/mol. The smallest absolute Gasteiger partial charge is 0.416 e. The van der Waals surface area contributed by atoms with Gasteiger partial charge in [-0.25, -0.2) is 15.0 Å².